The van der Waals surface area contributed by atoms with Crippen molar-refractivity contribution < 1.29 is 4.52 Å². The number of hydrogen-bond acceptors (Lipinski definition) is 5. The normalized spacial score (nSPS) is 27.0. The minimum absolute atomic E-state index is 0.210. The van der Waals surface area contributed by atoms with Gasteiger partial charge in [0.2, 0.25) is 5.89 Å². The van der Waals surface area contributed by atoms with Crippen molar-refractivity contribution in [1.82, 2.24) is 10.1 Å². The Morgan fingerprint density at radius 2 is 2.24 bits per heavy atom. The summed E-state index contributed by atoms with van der Waals surface area (Å²) in [5.41, 5.74) is 6.07. The number of nitrogens with zero attached hydrogens (tertiary/aromatic N) is 2. The molecule has 2 aliphatic rings. The van der Waals surface area contributed by atoms with Crippen molar-refractivity contribution in [1.29, 1.82) is 0 Å². The number of aromatic nitrogens is 2. The van der Waals surface area contributed by atoms with Crippen LogP contribution in [0.4, 0.5) is 0 Å². The lowest BCUT2D eigenvalue weighted by Gasteiger charge is -2.17. The average Bonchev–Trinajstić information content (AvgIpc) is 3.12. The highest BCUT2D eigenvalue weighted by molar-refractivity contribution is 7.99. The minimum Gasteiger partial charge on any atom is -0.339 e. The van der Waals surface area contributed by atoms with E-state index in [9.17, 15) is 0 Å². The van der Waals surface area contributed by atoms with E-state index in [-0.39, 0.29) is 6.04 Å². The van der Waals surface area contributed by atoms with Crippen LogP contribution >= 0.6 is 11.8 Å². The van der Waals surface area contributed by atoms with Gasteiger partial charge in [-0.2, -0.15) is 16.7 Å². The standard InChI is InChI=1S/C12H19N3OS/c13-9(8-4-5-8)7-11-14-12(15-16-11)10-3-1-2-6-17-10/h8-10H,1-7,13H2. The molecule has 2 fully saturated rings. The summed E-state index contributed by atoms with van der Waals surface area (Å²) in [6.45, 7) is 0. The SMILES string of the molecule is NC(Cc1nc(C2CCCCS2)no1)C1CC1. The van der Waals surface area contributed by atoms with E-state index in [1.165, 1.54) is 37.9 Å². The molecule has 17 heavy (non-hydrogen) atoms. The molecule has 94 valence electrons. The van der Waals surface area contributed by atoms with E-state index >= 15 is 0 Å². The molecule has 0 aromatic carbocycles. The van der Waals surface area contributed by atoms with Crippen LogP contribution in [0.2, 0.25) is 0 Å². The summed E-state index contributed by atoms with van der Waals surface area (Å²) in [7, 11) is 0. The van der Waals surface area contributed by atoms with Crippen molar-refractivity contribution >= 4 is 11.8 Å². The topological polar surface area (TPSA) is 64.9 Å². The molecule has 0 spiro atoms. The third-order valence-electron chi connectivity index (χ3n) is 3.59. The predicted molar refractivity (Wildman–Crippen MR) is 67.8 cm³/mol. The maximum absolute atomic E-state index is 6.07. The minimum atomic E-state index is 0.210. The fraction of sp³-hybridized carbons (Fsp3) is 0.833. The maximum atomic E-state index is 6.07. The van der Waals surface area contributed by atoms with E-state index < -0.39 is 0 Å². The zero-order valence-corrected chi connectivity index (χ0v) is 10.8. The summed E-state index contributed by atoms with van der Waals surface area (Å²) < 4.78 is 5.31. The van der Waals surface area contributed by atoms with Crippen molar-refractivity contribution in [2.24, 2.45) is 11.7 Å². The van der Waals surface area contributed by atoms with Gasteiger partial charge >= 0.3 is 0 Å². The monoisotopic (exact) mass is 253 g/mol. The quantitative estimate of drug-likeness (QED) is 0.892. The smallest absolute Gasteiger partial charge is 0.228 e. The summed E-state index contributed by atoms with van der Waals surface area (Å²) in [5.74, 6) is 3.52. The molecule has 2 N–H and O–H groups in total. The van der Waals surface area contributed by atoms with Crippen molar-refractivity contribution in [3.8, 4) is 0 Å². The van der Waals surface area contributed by atoms with Gasteiger partial charge in [0.1, 0.15) is 0 Å². The first kappa shape index (κ1) is 11.5. The highest BCUT2D eigenvalue weighted by Crippen LogP contribution is 2.37. The predicted octanol–water partition coefficient (Wildman–Crippen LogP) is 2.31. The molecule has 1 saturated carbocycles. The van der Waals surface area contributed by atoms with Gasteiger partial charge in [-0.25, -0.2) is 0 Å². The zero-order valence-electron chi connectivity index (χ0n) is 9.97. The molecule has 0 radical (unpaired) electrons. The van der Waals surface area contributed by atoms with Crippen LogP contribution in [0.5, 0.6) is 0 Å². The van der Waals surface area contributed by atoms with Gasteiger partial charge < -0.3 is 10.3 Å². The summed E-state index contributed by atoms with van der Waals surface area (Å²) in [5, 5.41) is 4.55. The van der Waals surface area contributed by atoms with Crippen LogP contribution in [-0.2, 0) is 6.42 Å². The van der Waals surface area contributed by atoms with Gasteiger partial charge in [0.15, 0.2) is 5.82 Å². The van der Waals surface area contributed by atoms with Crippen LogP contribution in [0.15, 0.2) is 4.52 Å². The van der Waals surface area contributed by atoms with Crippen molar-refractivity contribution in [3.05, 3.63) is 11.7 Å². The zero-order chi connectivity index (χ0) is 11.7. The second kappa shape index (κ2) is 4.98. The molecule has 5 heteroatoms. The van der Waals surface area contributed by atoms with E-state index in [0.29, 0.717) is 11.2 Å². The van der Waals surface area contributed by atoms with Crippen LogP contribution in [0.1, 0.15) is 49.1 Å². The summed E-state index contributed by atoms with van der Waals surface area (Å²) in [4.78, 5) is 4.51. The van der Waals surface area contributed by atoms with Gasteiger partial charge in [-0.05, 0) is 37.4 Å². The van der Waals surface area contributed by atoms with Crippen LogP contribution in [0, 0.1) is 5.92 Å². The molecular formula is C12H19N3OS. The largest absolute Gasteiger partial charge is 0.339 e. The lowest BCUT2D eigenvalue weighted by atomic mass is 10.1. The van der Waals surface area contributed by atoms with Gasteiger partial charge in [-0.15, -0.1) is 0 Å². The molecule has 1 aliphatic heterocycles. The van der Waals surface area contributed by atoms with E-state index in [4.69, 9.17) is 10.3 Å². The Balaban J connectivity index is 1.60. The Bertz CT molecular complexity index is 372. The van der Waals surface area contributed by atoms with E-state index in [1.54, 1.807) is 0 Å². The fourth-order valence-electron chi connectivity index (χ4n) is 2.32. The number of rotatable bonds is 4. The molecule has 2 unspecified atom stereocenters. The van der Waals surface area contributed by atoms with Gasteiger partial charge in [0.25, 0.3) is 0 Å². The second-order valence-electron chi connectivity index (χ2n) is 5.11. The van der Waals surface area contributed by atoms with Crippen LogP contribution in [-0.4, -0.2) is 21.9 Å². The first-order chi connectivity index (χ1) is 8.33. The van der Waals surface area contributed by atoms with Gasteiger partial charge in [-0.3, -0.25) is 0 Å². The highest BCUT2D eigenvalue weighted by atomic mass is 32.2. The molecule has 2 atom stereocenters. The fourth-order valence-corrected chi connectivity index (χ4v) is 3.55. The van der Waals surface area contributed by atoms with E-state index in [0.717, 1.165) is 18.1 Å². The third-order valence-corrected chi connectivity index (χ3v) is 4.96. The average molecular weight is 253 g/mol. The Hall–Kier alpha value is -0.550. The lowest BCUT2D eigenvalue weighted by Crippen LogP contribution is -2.25. The highest BCUT2D eigenvalue weighted by Gasteiger charge is 2.30. The van der Waals surface area contributed by atoms with E-state index in [2.05, 4.69) is 10.1 Å². The van der Waals surface area contributed by atoms with Crippen LogP contribution in [0.3, 0.4) is 0 Å². The van der Waals surface area contributed by atoms with Crippen molar-refractivity contribution in [2.75, 3.05) is 5.75 Å². The molecule has 4 nitrogen and oxygen atoms in total. The number of nitrogens with two attached hydrogens (primary N) is 1. The van der Waals surface area contributed by atoms with Gasteiger partial charge in [0, 0.05) is 12.5 Å². The number of hydrogen-bond donors (Lipinski definition) is 1. The Morgan fingerprint density at radius 1 is 1.35 bits per heavy atom. The molecule has 1 aromatic rings. The maximum Gasteiger partial charge on any atom is 0.228 e. The van der Waals surface area contributed by atoms with Crippen LogP contribution < -0.4 is 5.73 Å². The molecule has 2 heterocycles. The first-order valence-corrected chi connectivity index (χ1v) is 7.57. The Kier molecular flexibility index (Phi) is 3.38. The van der Waals surface area contributed by atoms with Gasteiger partial charge in [0.05, 0.1) is 5.25 Å². The van der Waals surface area contributed by atoms with Crippen molar-refractivity contribution in [2.45, 2.75) is 49.8 Å². The van der Waals surface area contributed by atoms with Crippen molar-refractivity contribution in [3.63, 3.8) is 0 Å². The molecular weight excluding hydrogens is 234 g/mol. The molecule has 1 aliphatic carbocycles. The lowest BCUT2D eigenvalue weighted by molar-refractivity contribution is 0.358. The first-order valence-electron chi connectivity index (χ1n) is 6.52. The summed E-state index contributed by atoms with van der Waals surface area (Å²) in [6, 6.07) is 0.210. The Labute approximate surface area is 106 Å². The molecule has 3 rings (SSSR count). The number of thioether (sulfide) groups is 1. The molecule has 1 saturated heterocycles. The van der Waals surface area contributed by atoms with Gasteiger partial charge in [-0.1, -0.05) is 11.6 Å². The van der Waals surface area contributed by atoms with E-state index in [1.807, 2.05) is 11.8 Å². The third kappa shape index (κ3) is 2.83. The summed E-state index contributed by atoms with van der Waals surface area (Å²) >= 11 is 1.95. The van der Waals surface area contributed by atoms with Crippen LogP contribution in [0.25, 0.3) is 0 Å². The summed E-state index contributed by atoms with van der Waals surface area (Å²) in [6.07, 6.45) is 7.05. The molecule has 1 aromatic heterocycles. The second-order valence-corrected chi connectivity index (χ2v) is 6.42. The molecule has 0 amide bonds. The Morgan fingerprint density at radius 3 is 2.94 bits per heavy atom. The molecule has 0 bridgehead atoms.